The molecule has 1 aliphatic rings. The lowest BCUT2D eigenvalue weighted by atomic mass is 9.88. The van der Waals surface area contributed by atoms with Crippen LogP contribution in [0.2, 0.25) is 0 Å². The van der Waals surface area contributed by atoms with Crippen LogP contribution < -0.4 is 10.5 Å². The smallest absolute Gasteiger partial charge is 0.123 e. The van der Waals surface area contributed by atoms with E-state index in [1.165, 1.54) is 24.0 Å². The van der Waals surface area contributed by atoms with Crippen LogP contribution in [0.5, 0.6) is 5.75 Å². The van der Waals surface area contributed by atoms with E-state index < -0.39 is 0 Å². The van der Waals surface area contributed by atoms with Gasteiger partial charge in [0, 0.05) is 17.0 Å². The lowest BCUT2D eigenvalue weighted by Crippen LogP contribution is -2.33. The highest BCUT2D eigenvalue weighted by Crippen LogP contribution is 2.57. The molecule has 0 amide bonds. The van der Waals surface area contributed by atoms with Gasteiger partial charge in [0.15, 0.2) is 0 Å². The van der Waals surface area contributed by atoms with Crippen LogP contribution in [0.25, 0.3) is 0 Å². The van der Waals surface area contributed by atoms with Crippen LogP contribution in [0.1, 0.15) is 30.0 Å². The van der Waals surface area contributed by atoms with Gasteiger partial charge in [-0.2, -0.15) is 0 Å². The van der Waals surface area contributed by atoms with E-state index in [0.717, 1.165) is 12.3 Å². The van der Waals surface area contributed by atoms with Crippen LogP contribution in [0.3, 0.4) is 0 Å². The fourth-order valence-electron chi connectivity index (χ4n) is 2.97. The molecule has 0 spiro atoms. The van der Waals surface area contributed by atoms with Gasteiger partial charge < -0.3 is 15.4 Å². The summed E-state index contributed by atoms with van der Waals surface area (Å²) in [7, 11) is 5.99. The van der Waals surface area contributed by atoms with E-state index in [2.05, 4.69) is 44.1 Å². The van der Waals surface area contributed by atoms with Gasteiger partial charge in [-0.05, 0) is 46.5 Å². The van der Waals surface area contributed by atoms with Crippen molar-refractivity contribution in [3.63, 3.8) is 0 Å². The zero-order chi connectivity index (χ0) is 13.3. The van der Waals surface area contributed by atoms with Gasteiger partial charge >= 0.3 is 0 Å². The average molecular weight is 248 g/mol. The van der Waals surface area contributed by atoms with Crippen LogP contribution in [0.15, 0.2) is 18.2 Å². The number of hydrogen-bond donors (Lipinski definition) is 1. The summed E-state index contributed by atoms with van der Waals surface area (Å²) in [5.41, 5.74) is 8.79. The molecule has 100 valence electrons. The first-order chi connectivity index (χ1) is 8.54. The van der Waals surface area contributed by atoms with Gasteiger partial charge in [-0.15, -0.1) is 0 Å². The Balaban J connectivity index is 2.46. The molecule has 0 aromatic heterocycles. The fraction of sp³-hybridized carbons (Fsp3) is 0.600. The number of nitrogens with zero attached hydrogens (tertiary/aromatic N) is 1. The summed E-state index contributed by atoms with van der Waals surface area (Å²) in [6.07, 6.45) is 2.42. The van der Waals surface area contributed by atoms with Crippen molar-refractivity contribution in [1.82, 2.24) is 4.90 Å². The second-order valence-corrected chi connectivity index (χ2v) is 5.68. The summed E-state index contributed by atoms with van der Waals surface area (Å²) in [5.74, 6) is 0.971. The minimum absolute atomic E-state index is 0.241. The normalized spacial score (nSPS) is 18.8. The summed E-state index contributed by atoms with van der Waals surface area (Å²) in [6.45, 7) is 2.87. The molecule has 1 saturated carbocycles. The predicted molar refractivity (Wildman–Crippen MR) is 74.9 cm³/mol. The SMILES string of the molecule is COc1ccc(C)cc1C(N(C)C)C1(CN)CC1. The number of ether oxygens (including phenoxy) is 1. The number of rotatable bonds is 5. The van der Waals surface area contributed by atoms with E-state index in [9.17, 15) is 0 Å². The largest absolute Gasteiger partial charge is 0.496 e. The Morgan fingerprint density at radius 1 is 1.39 bits per heavy atom. The molecule has 0 aliphatic heterocycles. The number of methoxy groups -OCH3 is 1. The van der Waals surface area contributed by atoms with Gasteiger partial charge in [0.2, 0.25) is 0 Å². The minimum Gasteiger partial charge on any atom is -0.496 e. The van der Waals surface area contributed by atoms with Crippen molar-refractivity contribution in [3.05, 3.63) is 29.3 Å². The maximum Gasteiger partial charge on any atom is 0.123 e. The molecule has 1 unspecified atom stereocenters. The molecule has 3 nitrogen and oxygen atoms in total. The predicted octanol–water partition coefficient (Wildman–Crippen LogP) is 2.35. The fourth-order valence-corrected chi connectivity index (χ4v) is 2.97. The first-order valence-corrected chi connectivity index (χ1v) is 6.55. The van der Waals surface area contributed by atoms with Crippen molar-refractivity contribution in [2.45, 2.75) is 25.8 Å². The monoisotopic (exact) mass is 248 g/mol. The first-order valence-electron chi connectivity index (χ1n) is 6.55. The molecule has 0 saturated heterocycles. The lowest BCUT2D eigenvalue weighted by molar-refractivity contribution is 0.193. The van der Waals surface area contributed by atoms with Crippen LogP contribution in [-0.2, 0) is 0 Å². The van der Waals surface area contributed by atoms with Gasteiger partial charge in [-0.1, -0.05) is 17.7 Å². The topological polar surface area (TPSA) is 38.5 Å². The summed E-state index contributed by atoms with van der Waals surface area (Å²) in [4.78, 5) is 2.27. The Bertz CT molecular complexity index is 425. The van der Waals surface area contributed by atoms with E-state index >= 15 is 0 Å². The summed E-state index contributed by atoms with van der Waals surface area (Å²) < 4.78 is 5.53. The van der Waals surface area contributed by atoms with Gasteiger partial charge in [-0.25, -0.2) is 0 Å². The van der Waals surface area contributed by atoms with E-state index in [-0.39, 0.29) is 5.41 Å². The second-order valence-electron chi connectivity index (χ2n) is 5.68. The Labute approximate surface area is 110 Å². The van der Waals surface area contributed by atoms with E-state index in [4.69, 9.17) is 10.5 Å². The maximum atomic E-state index is 6.01. The number of aryl methyl sites for hydroxylation is 1. The highest BCUT2D eigenvalue weighted by Gasteiger charge is 2.50. The van der Waals surface area contributed by atoms with Crippen molar-refractivity contribution in [3.8, 4) is 5.75 Å². The quantitative estimate of drug-likeness (QED) is 0.869. The molecule has 18 heavy (non-hydrogen) atoms. The van der Waals surface area contributed by atoms with Gasteiger partial charge in [-0.3, -0.25) is 0 Å². The molecule has 1 fully saturated rings. The van der Waals surface area contributed by atoms with Crippen molar-refractivity contribution >= 4 is 0 Å². The Morgan fingerprint density at radius 2 is 2.06 bits per heavy atom. The van der Waals surface area contributed by atoms with Crippen LogP contribution in [-0.4, -0.2) is 32.6 Å². The average Bonchev–Trinajstić information content (AvgIpc) is 3.10. The Morgan fingerprint density at radius 3 is 2.50 bits per heavy atom. The van der Waals surface area contributed by atoms with E-state index in [1.807, 2.05) is 0 Å². The van der Waals surface area contributed by atoms with Crippen molar-refractivity contribution in [2.75, 3.05) is 27.7 Å². The minimum atomic E-state index is 0.241. The van der Waals surface area contributed by atoms with Gasteiger partial charge in [0.25, 0.3) is 0 Å². The molecule has 1 aliphatic carbocycles. The zero-order valence-corrected chi connectivity index (χ0v) is 11.9. The van der Waals surface area contributed by atoms with Crippen molar-refractivity contribution in [2.24, 2.45) is 11.1 Å². The lowest BCUT2D eigenvalue weighted by Gasteiger charge is -2.33. The van der Waals surface area contributed by atoms with E-state index in [1.54, 1.807) is 7.11 Å². The first kappa shape index (κ1) is 13.4. The van der Waals surface area contributed by atoms with Crippen molar-refractivity contribution < 1.29 is 4.74 Å². The Hall–Kier alpha value is -1.06. The van der Waals surface area contributed by atoms with Gasteiger partial charge in [0.05, 0.1) is 7.11 Å². The van der Waals surface area contributed by atoms with Crippen LogP contribution in [0, 0.1) is 12.3 Å². The molecule has 1 aromatic carbocycles. The third-order valence-electron chi connectivity index (χ3n) is 4.07. The zero-order valence-electron chi connectivity index (χ0n) is 11.9. The summed E-state index contributed by atoms with van der Waals surface area (Å²) in [5, 5.41) is 0. The summed E-state index contributed by atoms with van der Waals surface area (Å²) >= 11 is 0. The van der Waals surface area contributed by atoms with Gasteiger partial charge in [0.1, 0.15) is 5.75 Å². The highest BCUT2D eigenvalue weighted by atomic mass is 16.5. The van der Waals surface area contributed by atoms with E-state index in [0.29, 0.717) is 6.04 Å². The molecular formula is C15H24N2O. The maximum absolute atomic E-state index is 6.01. The number of benzene rings is 1. The second kappa shape index (κ2) is 4.90. The Kier molecular flexibility index (Phi) is 3.64. The standard InChI is InChI=1S/C15H24N2O/c1-11-5-6-13(18-4)12(9-11)14(17(2)3)15(10-16)7-8-15/h5-6,9,14H,7-8,10,16H2,1-4H3. The van der Waals surface area contributed by atoms with Crippen LogP contribution >= 0.6 is 0 Å². The molecule has 2 N–H and O–H groups in total. The molecule has 0 radical (unpaired) electrons. The highest BCUT2D eigenvalue weighted by molar-refractivity contribution is 5.41. The molecule has 3 heteroatoms. The third-order valence-corrected chi connectivity index (χ3v) is 4.07. The van der Waals surface area contributed by atoms with Crippen molar-refractivity contribution in [1.29, 1.82) is 0 Å². The molecule has 0 heterocycles. The molecule has 1 atom stereocenters. The molecule has 2 rings (SSSR count). The molecule has 1 aromatic rings. The summed E-state index contributed by atoms with van der Waals surface area (Å²) in [6, 6.07) is 6.74. The van der Waals surface area contributed by atoms with Crippen LogP contribution in [0.4, 0.5) is 0 Å². The third kappa shape index (κ3) is 2.25. The number of hydrogen-bond acceptors (Lipinski definition) is 3. The molecule has 0 bridgehead atoms. The molecular weight excluding hydrogens is 224 g/mol. The number of nitrogens with two attached hydrogens (primary N) is 1.